The van der Waals surface area contributed by atoms with Crippen molar-refractivity contribution in [3.05, 3.63) is 32.5 Å². The van der Waals surface area contributed by atoms with E-state index in [9.17, 15) is 0 Å². The average Bonchev–Trinajstić information content (AvgIpc) is 2.05. The van der Waals surface area contributed by atoms with Gasteiger partial charge in [0.1, 0.15) is 0 Å². The molecule has 0 aromatic heterocycles. The van der Waals surface area contributed by atoms with Gasteiger partial charge in [-0.1, -0.05) is 0 Å². The molecule has 0 aliphatic carbocycles. The van der Waals surface area contributed by atoms with Gasteiger partial charge in [0.15, 0.2) is 0 Å². The summed E-state index contributed by atoms with van der Waals surface area (Å²) in [5, 5.41) is 0. The molecule has 1 aliphatic rings. The van der Waals surface area contributed by atoms with Crippen molar-refractivity contribution in [3.8, 4) is 0 Å². The van der Waals surface area contributed by atoms with E-state index >= 15 is 0 Å². The van der Waals surface area contributed by atoms with E-state index in [4.69, 9.17) is 0 Å². The Bertz CT molecular complexity index is 239. The summed E-state index contributed by atoms with van der Waals surface area (Å²) in [4.78, 5) is 0. The quantitative estimate of drug-likeness (QED) is 0.566. The van der Waals surface area contributed by atoms with Crippen LogP contribution in [0.2, 0.25) is 0 Å². The topological polar surface area (TPSA) is 0 Å². The predicted molar refractivity (Wildman–Crippen MR) is 46.4 cm³/mol. The fourth-order valence-electron chi connectivity index (χ4n) is 0.847. The SMILES string of the molecule is C1=C[Te]c2ccccc2[Te]1. The molecule has 1 aromatic carbocycles. The maximum atomic E-state index is 2.43. The molecule has 10 heavy (non-hydrogen) atoms. The van der Waals surface area contributed by atoms with Gasteiger partial charge < -0.3 is 0 Å². The van der Waals surface area contributed by atoms with Gasteiger partial charge in [0.25, 0.3) is 0 Å². The first-order valence-electron chi connectivity index (χ1n) is 3.04. The predicted octanol–water partition coefficient (Wildman–Crippen LogP) is -0.170. The van der Waals surface area contributed by atoms with Gasteiger partial charge in [0, 0.05) is 0 Å². The summed E-state index contributed by atoms with van der Waals surface area (Å²) >= 11 is 0.164. The Balaban J connectivity index is 2.47. The van der Waals surface area contributed by atoms with E-state index in [1.807, 2.05) is 0 Å². The van der Waals surface area contributed by atoms with E-state index in [0.717, 1.165) is 0 Å². The monoisotopic (exact) mass is 362 g/mol. The molecule has 50 valence electrons. The Morgan fingerprint density at radius 1 is 0.800 bits per heavy atom. The van der Waals surface area contributed by atoms with Crippen molar-refractivity contribution < 1.29 is 0 Å². The Morgan fingerprint density at radius 2 is 1.30 bits per heavy atom. The van der Waals surface area contributed by atoms with Crippen LogP contribution < -0.4 is 7.22 Å². The van der Waals surface area contributed by atoms with Crippen molar-refractivity contribution in [2.45, 2.75) is 0 Å². The van der Waals surface area contributed by atoms with Gasteiger partial charge in [-0.05, 0) is 0 Å². The van der Waals surface area contributed by atoms with Gasteiger partial charge in [-0.25, -0.2) is 0 Å². The third kappa shape index (κ3) is 1.41. The molecule has 0 nitrogen and oxygen atoms in total. The second-order valence-corrected chi connectivity index (χ2v) is 7.36. The summed E-state index contributed by atoms with van der Waals surface area (Å²) in [6, 6.07) is 8.92. The molecule has 0 spiro atoms. The molecular formula is C8H6Te2. The molecule has 0 saturated carbocycles. The van der Waals surface area contributed by atoms with Crippen LogP contribution in [0.4, 0.5) is 0 Å². The molecule has 0 saturated heterocycles. The number of benzene rings is 1. The summed E-state index contributed by atoms with van der Waals surface area (Å²) in [6.07, 6.45) is 0. The van der Waals surface area contributed by atoms with Gasteiger partial charge in [-0.2, -0.15) is 0 Å². The molecule has 0 amide bonds. The van der Waals surface area contributed by atoms with E-state index in [1.165, 1.54) is 0 Å². The Labute approximate surface area is 80.9 Å². The van der Waals surface area contributed by atoms with Crippen molar-refractivity contribution in [2.75, 3.05) is 0 Å². The first-order valence-corrected chi connectivity index (χ1v) is 8.06. The third-order valence-electron chi connectivity index (χ3n) is 1.29. The van der Waals surface area contributed by atoms with E-state index in [0.29, 0.717) is 0 Å². The molecule has 0 fully saturated rings. The van der Waals surface area contributed by atoms with Crippen molar-refractivity contribution in [1.82, 2.24) is 0 Å². The van der Waals surface area contributed by atoms with E-state index in [1.54, 1.807) is 7.22 Å². The Hall–Kier alpha value is 0.539. The summed E-state index contributed by atoms with van der Waals surface area (Å²) in [6.45, 7) is 0. The van der Waals surface area contributed by atoms with Gasteiger partial charge in [-0.3, -0.25) is 0 Å². The molecule has 0 N–H and O–H groups in total. The number of fused-ring (bicyclic) bond motifs is 1. The summed E-state index contributed by atoms with van der Waals surface area (Å²) in [5.41, 5.74) is 0. The second-order valence-electron chi connectivity index (χ2n) is 1.95. The van der Waals surface area contributed by atoms with Crippen LogP contribution >= 0.6 is 0 Å². The van der Waals surface area contributed by atoms with Crippen molar-refractivity contribution in [3.63, 3.8) is 0 Å². The molecule has 2 heteroatoms. The normalized spacial score (nSPS) is 14.8. The molecule has 1 aromatic rings. The van der Waals surface area contributed by atoms with Crippen molar-refractivity contribution in [2.24, 2.45) is 0 Å². The zero-order valence-electron chi connectivity index (χ0n) is 5.28. The maximum absolute atomic E-state index is 2.43. The van der Waals surface area contributed by atoms with Crippen LogP contribution in [0.15, 0.2) is 32.5 Å². The Kier molecular flexibility index (Phi) is 2.37. The molecule has 0 unspecified atom stereocenters. The zero-order valence-corrected chi connectivity index (χ0v) is 9.94. The molecular weight excluding hydrogens is 351 g/mol. The van der Waals surface area contributed by atoms with E-state index in [2.05, 4.69) is 32.5 Å². The molecule has 1 aliphatic heterocycles. The molecule has 0 bridgehead atoms. The fourth-order valence-corrected chi connectivity index (χ4v) is 7.92. The van der Waals surface area contributed by atoms with Crippen LogP contribution in [0.5, 0.6) is 0 Å². The minimum atomic E-state index is 0.0821. The average molecular weight is 357 g/mol. The molecule has 0 radical (unpaired) electrons. The van der Waals surface area contributed by atoms with Gasteiger partial charge in [0.2, 0.25) is 0 Å². The van der Waals surface area contributed by atoms with E-state index < -0.39 is 0 Å². The third-order valence-corrected chi connectivity index (χ3v) is 9.25. The Morgan fingerprint density at radius 3 is 1.80 bits per heavy atom. The first kappa shape index (κ1) is 7.20. The second kappa shape index (κ2) is 3.29. The van der Waals surface area contributed by atoms with Gasteiger partial charge in [-0.15, -0.1) is 0 Å². The molecule has 2 rings (SSSR count). The summed E-state index contributed by atoms with van der Waals surface area (Å²) in [5.74, 6) is 0. The standard InChI is InChI=1S/C8H6Te2/c1-2-4-8-7(3-1)9-5-6-10-8/h1-6H. The fraction of sp³-hybridized carbons (Fsp3) is 0. The van der Waals surface area contributed by atoms with Crippen LogP contribution in [0, 0.1) is 0 Å². The van der Waals surface area contributed by atoms with Crippen LogP contribution in [0.1, 0.15) is 0 Å². The first-order chi connectivity index (χ1) is 4.97. The van der Waals surface area contributed by atoms with Crippen LogP contribution in [0.3, 0.4) is 0 Å². The molecule has 1 heterocycles. The molecule has 0 atom stereocenters. The van der Waals surface area contributed by atoms with Crippen LogP contribution in [0.25, 0.3) is 0 Å². The van der Waals surface area contributed by atoms with E-state index in [-0.39, 0.29) is 41.8 Å². The zero-order chi connectivity index (χ0) is 6.81. The van der Waals surface area contributed by atoms with Crippen LogP contribution in [-0.4, -0.2) is 41.8 Å². The number of hydrogen-bond acceptors (Lipinski definition) is 0. The minimum absolute atomic E-state index is 0.0821. The van der Waals surface area contributed by atoms with Gasteiger partial charge >= 0.3 is 81.6 Å². The number of hydrogen-bond donors (Lipinski definition) is 0. The summed E-state index contributed by atoms with van der Waals surface area (Å²) in [7, 11) is 0. The van der Waals surface area contributed by atoms with Crippen molar-refractivity contribution >= 4 is 49.1 Å². The number of rotatable bonds is 0. The van der Waals surface area contributed by atoms with Gasteiger partial charge in [0.05, 0.1) is 0 Å². The summed E-state index contributed by atoms with van der Waals surface area (Å²) < 4.78 is 8.21. The van der Waals surface area contributed by atoms with Crippen molar-refractivity contribution in [1.29, 1.82) is 0 Å². The van der Waals surface area contributed by atoms with Crippen LogP contribution in [-0.2, 0) is 0 Å².